The number of thioether (sulfide) groups is 1. The van der Waals surface area contributed by atoms with Crippen molar-refractivity contribution in [1.82, 2.24) is 24.9 Å². The first kappa shape index (κ1) is 13.0. The van der Waals surface area contributed by atoms with Gasteiger partial charge in [-0.15, -0.1) is 0 Å². The first-order chi connectivity index (χ1) is 10.8. The van der Waals surface area contributed by atoms with Crippen LogP contribution in [0.4, 0.5) is 11.5 Å². The summed E-state index contributed by atoms with van der Waals surface area (Å²) in [6, 6.07) is 8.13. The van der Waals surface area contributed by atoms with Gasteiger partial charge in [-0.2, -0.15) is 0 Å². The van der Waals surface area contributed by atoms with Crippen LogP contribution >= 0.6 is 11.8 Å². The van der Waals surface area contributed by atoms with Crippen molar-refractivity contribution in [2.45, 2.75) is 5.16 Å². The molecule has 0 atom stereocenters. The highest BCUT2D eigenvalue weighted by Gasteiger charge is 2.08. The lowest BCUT2D eigenvalue weighted by molar-refractivity contribution is 0.993. The Balaban J connectivity index is 1.79. The molecule has 0 bridgehead atoms. The van der Waals surface area contributed by atoms with Crippen molar-refractivity contribution in [3.63, 3.8) is 0 Å². The van der Waals surface area contributed by atoms with Crippen LogP contribution in [0.15, 0.2) is 48.1 Å². The quantitative estimate of drug-likeness (QED) is 0.446. The molecule has 0 aliphatic carbocycles. The minimum Gasteiger partial charge on any atom is -0.361 e. The molecule has 0 fully saturated rings. The minimum absolute atomic E-state index is 0.678. The molecular weight excluding hydrogens is 296 g/mol. The Labute approximate surface area is 130 Å². The van der Waals surface area contributed by atoms with Gasteiger partial charge in [0, 0.05) is 22.8 Å². The van der Waals surface area contributed by atoms with Crippen LogP contribution < -0.4 is 5.32 Å². The minimum atomic E-state index is 0.678. The van der Waals surface area contributed by atoms with Gasteiger partial charge in [0.1, 0.15) is 17.4 Å². The van der Waals surface area contributed by atoms with Gasteiger partial charge in [0.05, 0.1) is 6.20 Å². The van der Waals surface area contributed by atoms with Crippen LogP contribution in [0.1, 0.15) is 0 Å². The van der Waals surface area contributed by atoms with Crippen LogP contribution in [0.2, 0.25) is 0 Å². The maximum absolute atomic E-state index is 4.50. The molecule has 108 valence electrons. The molecule has 2 N–H and O–H groups in total. The number of anilines is 2. The number of aromatic amines is 1. The van der Waals surface area contributed by atoms with Crippen molar-refractivity contribution in [2.75, 3.05) is 11.6 Å². The Hall–Kier alpha value is -2.67. The standard InChI is InChI=1S/C15H12N6S/c1-22-15-17-7-12-13(21-15)14(19-8-18-12)20-10-2-3-11-9(6-10)4-5-16-11/h2-8,16H,1H3,(H,18,19,20). The summed E-state index contributed by atoms with van der Waals surface area (Å²) in [5.41, 5.74) is 3.50. The van der Waals surface area contributed by atoms with Crippen LogP contribution in [0.25, 0.3) is 21.9 Å². The molecule has 7 heteroatoms. The van der Waals surface area contributed by atoms with Crippen molar-refractivity contribution >= 4 is 45.2 Å². The maximum atomic E-state index is 4.50. The SMILES string of the molecule is CSc1ncc2ncnc(Nc3ccc4[nH]ccc4c3)c2n1. The first-order valence-corrected chi connectivity index (χ1v) is 7.92. The van der Waals surface area contributed by atoms with E-state index in [9.17, 15) is 0 Å². The van der Waals surface area contributed by atoms with Gasteiger partial charge in [-0.3, -0.25) is 0 Å². The summed E-state index contributed by atoms with van der Waals surface area (Å²) in [6.07, 6.45) is 7.10. The fraction of sp³-hybridized carbons (Fsp3) is 0.0667. The second-order valence-corrected chi connectivity index (χ2v) is 5.49. The van der Waals surface area contributed by atoms with Crippen molar-refractivity contribution in [2.24, 2.45) is 0 Å². The summed E-state index contributed by atoms with van der Waals surface area (Å²) in [7, 11) is 0. The summed E-state index contributed by atoms with van der Waals surface area (Å²) in [4.78, 5) is 20.4. The number of nitrogens with one attached hydrogen (secondary N) is 2. The highest BCUT2D eigenvalue weighted by molar-refractivity contribution is 7.98. The van der Waals surface area contributed by atoms with E-state index in [1.54, 1.807) is 6.20 Å². The number of fused-ring (bicyclic) bond motifs is 2. The topological polar surface area (TPSA) is 79.4 Å². The normalized spacial score (nSPS) is 11.1. The molecule has 0 aliphatic heterocycles. The van der Waals surface area contributed by atoms with Gasteiger partial charge >= 0.3 is 0 Å². The Kier molecular flexibility index (Phi) is 3.12. The Morgan fingerprint density at radius 1 is 1.14 bits per heavy atom. The van der Waals surface area contributed by atoms with Crippen LogP contribution in [-0.2, 0) is 0 Å². The molecule has 22 heavy (non-hydrogen) atoms. The van der Waals surface area contributed by atoms with Crippen LogP contribution in [0.3, 0.4) is 0 Å². The number of rotatable bonds is 3. The monoisotopic (exact) mass is 308 g/mol. The zero-order valence-corrected chi connectivity index (χ0v) is 12.6. The van der Waals surface area contributed by atoms with Crippen molar-refractivity contribution < 1.29 is 0 Å². The van der Waals surface area contributed by atoms with Crippen molar-refractivity contribution in [3.8, 4) is 0 Å². The lowest BCUT2D eigenvalue weighted by atomic mass is 10.2. The third-order valence-corrected chi connectivity index (χ3v) is 3.92. The van der Waals surface area contributed by atoms with E-state index < -0.39 is 0 Å². The molecule has 0 spiro atoms. The fourth-order valence-corrected chi connectivity index (χ4v) is 2.64. The van der Waals surface area contributed by atoms with Gasteiger partial charge < -0.3 is 10.3 Å². The molecule has 0 saturated carbocycles. The molecule has 3 heterocycles. The van der Waals surface area contributed by atoms with E-state index in [2.05, 4.69) is 36.3 Å². The number of nitrogens with zero attached hydrogens (tertiary/aromatic N) is 4. The van der Waals surface area contributed by atoms with Crippen molar-refractivity contribution in [3.05, 3.63) is 43.0 Å². The highest BCUT2D eigenvalue weighted by Crippen LogP contribution is 2.24. The second kappa shape index (κ2) is 5.27. The summed E-state index contributed by atoms with van der Waals surface area (Å²) >= 11 is 1.49. The van der Waals surface area contributed by atoms with Gasteiger partial charge in [0.25, 0.3) is 0 Å². The van der Waals surface area contributed by atoms with E-state index in [0.717, 1.165) is 27.6 Å². The Morgan fingerprint density at radius 2 is 2.09 bits per heavy atom. The second-order valence-electron chi connectivity index (χ2n) is 4.72. The van der Waals surface area contributed by atoms with Crippen LogP contribution in [0.5, 0.6) is 0 Å². The third-order valence-electron chi connectivity index (χ3n) is 3.35. The van der Waals surface area contributed by atoms with E-state index in [-0.39, 0.29) is 0 Å². The van der Waals surface area contributed by atoms with Gasteiger partial charge in [-0.1, -0.05) is 11.8 Å². The Morgan fingerprint density at radius 3 is 3.00 bits per heavy atom. The summed E-state index contributed by atoms with van der Waals surface area (Å²) in [5.74, 6) is 0.678. The molecule has 0 radical (unpaired) electrons. The van der Waals surface area contributed by atoms with E-state index in [0.29, 0.717) is 11.0 Å². The average molecular weight is 308 g/mol. The van der Waals surface area contributed by atoms with E-state index >= 15 is 0 Å². The number of H-pyrrole nitrogens is 1. The molecule has 3 aromatic heterocycles. The largest absolute Gasteiger partial charge is 0.361 e. The Bertz CT molecular complexity index is 964. The van der Waals surface area contributed by atoms with Crippen LogP contribution in [-0.4, -0.2) is 31.2 Å². The molecule has 0 aliphatic rings. The summed E-state index contributed by atoms with van der Waals surface area (Å²) in [5, 5.41) is 5.16. The molecule has 0 unspecified atom stereocenters. The molecule has 0 saturated heterocycles. The highest BCUT2D eigenvalue weighted by atomic mass is 32.2. The van der Waals surface area contributed by atoms with Gasteiger partial charge in [-0.05, 0) is 30.5 Å². The third kappa shape index (κ3) is 2.25. The first-order valence-electron chi connectivity index (χ1n) is 6.69. The molecule has 6 nitrogen and oxygen atoms in total. The number of aromatic nitrogens is 5. The fourth-order valence-electron chi connectivity index (χ4n) is 2.30. The predicted molar refractivity (Wildman–Crippen MR) is 88.5 cm³/mol. The smallest absolute Gasteiger partial charge is 0.188 e. The zero-order chi connectivity index (χ0) is 14.9. The van der Waals surface area contributed by atoms with Gasteiger partial charge in [0.15, 0.2) is 11.0 Å². The summed E-state index contributed by atoms with van der Waals surface area (Å²) in [6.45, 7) is 0. The lowest BCUT2D eigenvalue weighted by Crippen LogP contribution is -1.99. The number of benzene rings is 1. The van der Waals surface area contributed by atoms with E-state index in [1.807, 2.05) is 30.7 Å². The average Bonchev–Trinajstić information content (AvgIpc) is 3.02. The molecule has 1 aromatic carbocycles. The van der Waals surface area contributed by atoms with E-state index in [1.165, 1.54) is 18.1 Å². The zero-order valence-electron chi connectivity index (χ0n) is 11.7. The predicted octanol–water partition coefficient (Wildman–Crippen LogP) is 3.37. The van der Waals surface area contributed by atoms with E-state index in [4.69, 9.17) is 0 Å². The molecule has 0 amide bonds. The molecular formula is C15H12N6S. The molecule has 4 rings (SSSR count). The number of hydrogen-bond donors (Lipinski definition) is 2. The van der Waals surface area contributed by atoms with Gasteiger partial charge in [0.2, 0.25) is 0 Å². The van der Waals surface area contributed by atoms with Crippen molar-refractivity contribution in [1.29, 1.82) is 0 Å². The molecule has 4 aromatic rings. The van der Waals surface area contributed by atoms with Crippen LogP contribution in [0, 0.1) is 0 Å². The summed E-state index contributed by atoms with van der Waals surface area (Å²) < 4.78 is 0. The maximum Gasteiger partial charge on any atom is 0.188 e. The lowest BCUT2D eigenvalue weighted by Gasteiger charge is -2.08. The number of hydrogen-bond acceptors (Lipinski definition) is 6. The van der Waals surface area contributed by atoms with Gasteiger partial charge in [-0.25, -0.2) is 19.9 Å².